The summed E-state index contributed by atoms with van der Waals surface area (Å²) >= 11 is 1.51. The second-order valence-electron chi connectivity index (χ2n) is 10.7. The molecule has 224 valence electrons. The van der Waals surface area contributed by atoms with Crippen LogP contribution in [0.3, 0.4) is 0 Å². The summed E-state index contributed by atoms with van der Waals surface area (Å²) in [7, 11) is 0. The molecule has 0 saturated carbocycles. The summed E-state index contributed by atoms with van der Waals surface area (Å²) in [5, 5.41) is 0. The normalized spacial score (nSPS) is 11.5. The summed E-state index contributed by atoms with van der Waals surface area (Å²) in [4.78, 5) is 20.0. The highest BCUT2D eigenvalue weighted by Crippen LogP contribution is 2.39. The number of ether oxygens (including phenoxy) is 4. The van der Waals surface area contributed by atoms with Crippen LogP contribution in [-0.4, -0.2) is 54.6 Å². The number of nitrogens with two attached hydrogens (primary N) is 1. The molecule has 0 radical (unpaired) electrons. The molecule has 2 aromatic heterocycles. The molecule has 0 bridgehead atoms. The minimum Gasteiger partial charge on any atom is -0.453 e. The van der Waals surface area contributed by atoms with Gasteiger partial charge < -0.3 is 29.6 Å². The number of nitrogen functional groups attached to an aromatic ring is 1. The van der Waals surface area contributed by atoms with Crippen molar-refractivity contribution in [1.82, 2.24) is 9.88 Å². The number of rotatable bonds is 13. The van der Waals surface area contributed by atoms with Gasteiger partial charge in [-0.15, -0.1) is 11.3 Å². The number of nitrogens with zero attached hydrogens (tertiary/aromatic N) is 2. The molecule has 2 N–H and O–H groups in total. The first-order valence-corrected chi connectivity index (χ1v) is 14.8. The number of carbonyl (C=O) groups excluding carboxylic acids is 1. The summed E-state index contributed by atoms with van der Waals surface area (Å²) < 4.78 is 37.8. The minimum absolute atomic E-state index is 0.0979. The highest BCUT2D eigenvalue weighted by atomic mass is 32.1. The predicted octanol–water partition coefficient (Wildman–Crippen LogP) is 7.66. The monoisotopic (exact) mass is 595 g/mol. The maximum absolute atomic E-state index is 14.3. The van der Waals surface area contributed by atoms with E-state index in [0.29, 0.717) is 51.0 Å². The smallest absolute Gasteiger partial charge is 0.410 e. The van der Waals surface area contributed by atoms with E-state index in [-0.39, 0.29) is 5.75 Å². The van der Waals surface area contributed by atoms with Crippen LogP contribution in [0.15, 0.2) is 60.8 Å². The van der Waals surface area contributed by atoms with Crippen LogP contribution in [0, 0.1) is 5.82 Å². The molecule has 4 aromatic rings. The molecule has 0 aliphatic heterocycles. The van der Waals surface area contributed by atoms with Crippen molar-refractivity contribution >= 4 is 33.3 Å². The largest absolute Gasteiger partial charge is 0.453 e. The van der Waals surface area contributed by atoms with Gasteiger partial charge in [0.25, 0.3) is 0 Å². The molecule has 10 heteroatoms. The molecule has 8 nitrogen and oxygen atoms in total. The van der Waals surface area contributed by atoms with E-state index in [1.807, 2.05) is 51.1 Å². The average Bonchev–Trinajstić information content (AvgIpc) is 3.38. The number of thiophene rings is 1. The minimum atomic E-state index is -0.606. The second-order valence-corrected chi connectivity index (χ2v) is 11.8. The van der Waals surface area contributed by atoms with Crippen molar-refractivity contribution in [3.63, 3.8) is 0 Å². The molecule has 0 fully saturated rings. The van der Waals surface area contributed by atoms with E-state index in [4.69, 9.17) is 24.7 Å². The maximum Gasteiger partial charge on any atom is 0.410 e. The number of aromatic nitrogens is 1. The van der Waals surface area contributed by atoms with Gasteiger partial charge in [0.05, 0.1) is 30.0 Å². The first-order valence-electron chi connectivity index (χ1n) is 14.0. The molecule has 0 aliphatic carbocycles. The van der Waals surface area contributed by atoms with Crippen LogP contribution >= 0.6 is 11.3 Å². The summed E-state index contributed by atoms with van der Waals surface area (Å²) in [6.07, 6.45) is 2.21. The van der Waals surface area contributed by atoms with Crippen molar-refractivity contribution in [2.45, 2.75) is 46.3 Å². The van der Waals surface area contributed by atoms with Gasteiger partial charge >= 0.3 is 6.09 Å². The molecule has 0 atom stereocenters. The molecular weight excluding hydrogens is 557 g/mol. The Morgan fingerprint density at radius 1 is 0.976 bits per heavy atom. The lowest BCUT2D eigenvalue weighted by molar-refractivity contribution is 0.00911. The van der Waals surface area contributed by atoms with Crippen molar-refractivity contribution in [2.75, 3.05) is 38.7 Å². The SMILES string of the molecule is CCCOCCOCCN(Cc1ccc(-c2cc3nccc(Oc4ccc(N)cc4F)c3s2)cc1)C(=O)OC(C)(C)C. The van der Waals surface area contributed by atoms with Gasteiger partial charge in [0.2, 0.25) is 0 Å². The van der Waals surface area contributed by atoms with Crippen molar-refractivity contribution < 1.29 is 28.1 Å². The van der Waals surface area contributed by atoms with Crippen LogP contribution in [-0.2, 0) is 20.8 Å². The number of fused-ring (bicyclic) bond motifs is 1. The highest BCUT2D eigenvalue weighted by molar-refractivity contribution is 7.22. The first kappa shape index (κ1) is 31.2. The second kappa shape index (κ2) is 14.4. The Morgan fingerprint density at radius 3 is 2.40 bits per heavy atom. The third-order valence-electron chi connectivity index (χ3n) is 6.04. The third kappa shape index (κ3) is 8.88. The Hall–Kier alpha value is -3.73. The molecule has 2 heterocycles. The van der Waals surface area contributed by atoms with Gasteiger partial charge in [-0.1, -0.05) is 31.2 Å². The molecule has 0 aliphatic rings. The molecule has 1 amide bonds. The van der Waals surface area contributed by atoms with E-state index in [1.165, 1.54) is 23.5 Å². The van der Waals surface area contributed by atoms with Crippen molar-refractivity contribution in [2.24, 2.45) is 0 Å². The summed E-state index contributed by atoms with van der Waals surface area (Å²) in [6.45, 7) is 10.5. The van der Waals surface area contributed by atoms with Gasteiger partial charge in [0, 0.05) is 48.6 Å². The zero-order valence-corrected chi connectivity index (χ0v) is 25.3. The predicted molar refractivity (Wildman–Crippen MR) is 165 cm³/mol. The van der Waals surface area contributed by atoms with Gasteiger partial charge in [-0.25, -0.2) is 9.18 Å². The number of carbonyl (C=O) groups is 1. The molecule has 0 unspecified atom stereocenters. The number of amides is 1. The standard InChI is InChI=1S/C32H38FN3O5S/c1-5-15-38-17-18-39-16-14-36(31(37)41-32(2,3)4)21-22-6-8-23(9-7-22)29-20-26-30(42-29)28(12-13-35-26)40-27-11-10-24(34)19-25(27)33/h6-13,19-20H,5,14-18,21,34H2,1-4H3. The fraction of sp³-hybridized carbons (Fsp3) is 0.375. The van der Waals surface area contributed by atoms with Crippen LogP contribution < -0.4 is 10.5 Å². The zero-order chi connectivity index (χ0) is 30.1. The maximum atomic E-state index is 14.3. The number of hydrogen-bond donors (Lipinski definition) is 1. The van der Waals surface area contributed by atoms with Gasteiger partial charge in [-0.3, -0.25) is 4.98 Å². The number of halogens is 1. The number of hydrogen-bond acceptors (Lipinski definition) is 8. The van der Waals surface area contributed by atoms with Crippen molar-refractivity contribution in [3.05, 3.63) is 72.2 Å². The van der Waals surface area contributed by atoms with Gasteiger partial charge in [0.15, 0.2) is 11.6 Å². The molecule has 42 heavy (non-hydrogen) atoms. The van der Waals surface area contributed by atoms with E-state index in [2.05, 4.69) is 11.9 Å². The van der Waals surface area contributed by atoms with Crippen LogP contribution in [0.1, 0.15) is 39.7 Å². The average molecular weight is 596 g/mol. The fourth-order valence-electron chi connectivity index (χ4n) is 4.05. The lowest BCUT2D eigenvalue weighted by Crippen LogP contribution is -2.38. The lowest BCUT2D eigenvalue weighted by atomic mass is 10.1. The van der Waals surface area contributed by atoms with Crippen molar-refractivity contribution in [1.29, 1.82) is 0 Å². The molecular formula is C32H38FN3O5S. The molecule has 0 saturated heterocycles. The first-order chi connectivity index (χ1) is 20.1. The van der Waals surface area contributed by atoms with E-state index < -0.39 is 17.5 Å². The third-order valence-corrected chi connectivity index (χ3v) is 7.23. The fourth-order valence-corrected chi connectivity index (χ4v) is 5.12. The zero-order valence-electron chi connectivity index (χ0n) is 24.5. The topological polar surface area (TPSA) is 96.1 Å². The summed E-state index contributed by atoms with van der Waals surface area (Å²) in [5.74, 6) is 0.0877. The van der Waals surface area contributed by atoms with Gasteiger partial charge in [-0.2, -0.15) is 0 Å². The Kier molecular flexibility index (Phi) is 10.7. The van der Waals surface area contributed by atoms with E-state index in [0.717, 1.165) is 32.6 Å². The quantitative estimate of drug-likeness (QED) is 0.125. The Balaban J connectivity index is 1.45. The summed E-state index contributed by atoms with van der Waals surface area (Å²) in [5.41, 5.74) is 8.09. The molecule has 2 aromatic carbocycles. The van der Waals surface area contributed by atoms with Crippen molar-refractivity contribution in [3.8, 4) is 21.9 Å². The van der Waals surface area contributed by atoms with E-state index in [1.54, 1.807) is 23.2 Å². The molecule has 4 rings (SSSR count). The van der Waals surface area contributed by atoms with Crippen LogP contribution in [0.25, 0.3) is 20.7 Å². The van der Waals surface area contributed by atoms with Crippen LogP contribution in [0.4, 0.5) is 14.9 Å². The Bertz CT molecular complexity index is 1470. The van der Waals surface area contributed by atoms with E-state index in [9.17, 15) is 9.18 Å². The molecule has 0 spiro atoms. The Morgan fingerprint density at radius 2 is 1.71 bits per heavy atom. The number of pyridine rings is 1. The van der Waals surface area contributed by atoms with Crippen LogP contribution in [0.2, 0.25) is 0 Å². The number of benzene rings is 2. The Labute approximate surface area is 250 Å². The highest BCUT2D eigenvalue weighted by Gasteiger charge is 2.22. The number of anilines is 1. The van der Waals surface area contributed by atoms with Crippen LogP contribution in [0.5, 0.6) is 11.5 Å². The lowest BCUT2D eigenvalue weighted by Gasteiger charge is -2.27. The van der Waals surface area contributed by atoms with Gasteiger partial charge in [-0.05, 0) is 56.5 Å². The van der Waals surface area contributed by atoms with E-state index >= 15 is 0 Å². The summed E-state index contributed by atoms with van der Waals surface area (Å²) in [6, 6.07) is 16.0. The van der Waals surface area contributed by atoms with Gasteiger partial charge in [0.1, 0.15) is 11.4 Å².